The van der Waals surface area contributed by atoms with Gasteiger partial charge in [-0.3, -0.25) is 14.4 Å². The minimum Gasteiger partial charge on any atom is -0.478 e. The van der Waals surface area contributed by atoms with Gasteiger partial charge in [-0.25, -0.2) is 4.79 Å². The molecule has 0 spiro atoms. The molecule has 0 bridgehead atoms. The molecule has 0 unspecified atom stereocenters. The Morgan fingerprint density at radius 1 is 1.00 bits per heavy atom. The van der Waals surface area contributed by atoms with Crippen LogP contribution in [0.3, 0.4) is 0 Å². The molecule has 0 atom stereocenters. The van der Waals surface area contributed by atoms with Gasteiger partial charge >= 0.3 is 17.9 Å². The van der Waals surface area contributed by atoms with Gasteiger partial charge in [-0.05, 0) is 17.5 Å². The fourth-order valence-electron chi connectivity index (χ4n) is 1.75. The first-order valence-corrected chi connectivity index (χ1v) is 6.81. The molecule has 7 nitrogen and oxygen atoms in total. The number of benzene rings is 1. The monoisotopic (exact) mass is 322 g/mol. The van der Waals surface area contributed by atoms with Crippen molar-refractivity contribution in [2.75, 3.05) is 0 Å². The van der Waals surface area contributed by atoms with Gasteiger partial charge in [0.05, 0.1) is 0 Å². The van der Waals surface area contributed by atoms with Crippen molar-refractivity contribution in [3.8, 4) is 11.5 Å². The average molecular weight is 322 g/mol. The number of ether oxygens (including phenoxy) is 2. The van der Waals surface area contributed by atoms with Gasteiger partial charge < -0.3 is 14.6 Å². The summed E-state index contributed by atoms with van der Waals surface area (Å²) in [5.74, 6) is -2.65. The highest BCUT2D eigenvalue weighted by atomic mass is 32.1. The first kappa shape index (κ1) is 15.6. The van der Waals surface area contributed by atoms with E-state index in [0.29, 0.717) is 21.4 Å². The predicted molar refractivity (Wildman–Crippen MR) is 77.7 cm³/mol. The number of hydrogen-bond donors (Lipinski definition) is 1. The van der Waals surface area contributed by atoms with E-state index in [-0.39, 0.29) is 17.1 Å². The Hall–Kier alpha value is -2.74. The summed E-state index contributed by atoms with van der Waals surface area (Å²) in [6.45, 7) is 2.35. The van der Waals surface area contributed by atoms with E-state index < -0.39 is 22.7 Å². The molecule has 2 rings (SSSR count). The van der Waals surface area contributed by atoms with Crippen molar-refractivity contribution in [1.29, 1.82) is 0 Å². The van der Waals surface area contributed by atoms with Gasteiger partial charge in [0.1, 0.15) is 5.56 Å². The van der Waals surface area contributed by atoms with Gasteiger partial charge in [0.2, 0.25) is 4.74 Å². The number of carboxylic acids is 1. The van der Waals surface area contributed by atoms with E-state index in [4.69, 9.17) is 14.6 Å². The van der Waals surface area contributed by atoms with Crippen LogP contribution in [0.25, 0.3) is 10.1 Å². The molecule has 0 saturated carbocycles. The summed E-state index contributed by atoms with van der Waals surface area (Å²) in [7, 11) is 0. The summed E-state index contributed by atoms with van der Waals surface area (Å²) in [6.07, 6.45) is 0. The Kier molecular flexibility index (Phi) is 4.22. The zero-order valence-electron chi connectivity index (χ0n) is 11.5. The molecule has 8 heteroatoms. The lowest BCUT2D eigenvalue weighted by Gasteiger charge is -2.10. The molecular weight excluding hydrogens is 312 g/mol. The zero-order chi connectivity index (χ0) is 16.4. The predicted octanol–water partition coefficient (Wildman–Crippen LogP) is 1.81. The highest BCUT2D eigenvalue weighted by Gasteiger charge is 2.16. The van der Waals surface area contributed by atoms with Gasteiger partial charge in [-0.15, -0.1) is 0 Å². The van der Waals surface area contributed by atoms with E-state index in [1.54, 1.807) is 0 Å². The minimum absolute atomic E-state index is 0.0195. The molecule has 22 heavy (non-hydrogen) atoms. The third-order valence-corrected chi connectivity index (χ3v) is 3.52. The van der Waals surface area contributed by atoms with Crippen molar-refractivity contribution in [3.63, 3.8) is 0 Å². The molecule has 1 N–H and O–H groups in total. The summed E-state index contributed by atoms with van der Waals surface area (Å²) < 4.78 is 9.67. The first-order chi connectivity index (χ1) is 10.3. The molecule has 114 valence electrons. The zero-order valence-corrected chi connectivity index (χ0v) is 12.4. The third kappa shape index (κ3) is 3.29. The topological polar surface area (TPSA) is 107 Å². The summed E-state index contributed by atoms with van der Waals surface area (Å²) in [6, 6.07) is 3.88. The number of esters is 2. The summed E-state index contributed by atoms with van der Waals surface area (Å²) in [4.78, 5) is 44.9. The van der Waals surface area contributed by atoms with E-state index in [1.165, 1.54) is 32.0 Å². The lowest BCUT2D eigenvalue weighted by molar-refractivity contribution is -0.134. The number of carbonyl (C=O) groups is 3. The average Bonchev–Trinajstić information content (AvgIpc) is 2.37. The number of hydrogen-bond acceptors (Lipinski definition) is 7. The van der Waals surface area contributed by atoms with Crippen LogP contribution >= 0.6 is 11.3 Å². The van der Waals surface area contributed by atoms with E-state index in [0.717, 1.165) is 0 Å². The quantitative estimate of drug-likeness (QED) is 0.678. The number of rotatable bonds is 3. The number of carbonyl (C=O) groups excluding carboxylic acids is 2. The van der Waals surface area contributed by atoms with Crippen LogP contribution in [0.15, 0.2) is 23.0 Å². The Balaban J connectivity index is 2.70. The van der Waals surface area contributed by atoms with Crippen LogP contribution in [0.4, 0.5) is 0 Å². The molecule has 0 aliphatic rings. The Labute approximate surface area is 127 Å². The summed E-state index contributed by atoms with van der Waals surface area (Å²) in [5, 5.41) is 9.35. The van der Waals surface area contributed by atoms with Crippen molar-refractivity contribution in [1.82, 2.24) is 0 Å². The highest BCUT2D eigenvalue weighted by Crippen LogP contribution is 2.34. The smallest absolute Gasteiger partial charge is 0.340 e. The van der Waals surface area contributed by atoms with Gasteiger partial charge in [-0.2, -0.15) is 0 Å². The van der Waals surface area contributed by atoms with E-state index in [9.17, 15) is 19.2 Å². The lowest BCUT2D eigenvalue weighted by Crippen LogP contribution is -2.11. The Morgan fingerprint density at radius 3 is 2.05 bits per heavy atom. The van der Waals surface area contributed by atoms with E-state index >= 15 is 0 Å². The molecular formula is C14H10O7S. The largest absolute Gasteiger partial charge is 0.478 e. The van der Waals surface area contributed by atoms with Crippen LogP contribution in [0, 0.1) is 0 Å². The number of carboxylic acid groups (broad SMARTS) is 1. The molecule has 0 amide bonds. The Bertz CT molecular complexity index is 850. The van der Waals surface area contributed by atoms with E-state index in [2.05, 4.69) is 0 Å². The maximum Gasteiger partial charge on any atom is 0.340 e. The second kappa shape index (κ2) is 5.94. The van der Waals surface area contributed by atoms with Crippen LogP contribution in [0.5, 0.6) is 11.5 Å². The second-order valence-electron chi connectivity index (χ2n) is 4.28. The number of fused-ring (bicyclic) bond motifs is 1. The van der Waals surface area contributed by atoms with Crippen molar-refractivity contribution < 1.29 is 29.0 Å². The van der Waals surface area contributed by atoms with Crippen LogP contribution < -0.4 is 14.2 Å². The van der Waals surface area contributed by atoms with E-state index in [1.807, 2.05) is 0 Å². The minimum atomic E-state index is -1.35. The Morgan fingerprint density at radius 2 is 1.55 bits per heavy atom. The first-order valence-electron chi connectivity index (χ1n) is 6.00. The van der Waals surface area contributed by atoms with Gasteiger partial charge in [0, 0.05) is 24.6 Å². The molecule has 2 aromatic rings. The molecule has 0 aliphatic carbocycles. The molecule has 1 aromatic heterocycles. The lowest BCUT2D eigenvalue weighted by atomic mass is 10.2. The summed E-state index contributed by atoms with van der Waals surface area (Å²) in [5.41, 5.74) is -0.383. The molecule has 0 radical (unpaired) electrons. The fraction of sp³-hybridized carbons (Fsp3) is 0.143. The van der Waals surface area contributed by atoms with Crippen molar-refractivity contribution in [2.45, 2.75) is 13.8 Å². The van der Waals surface area contributed by atoms with Gasteiger partial charge in [-0.1, -0.05) is 11.3 Å². The summed E-state index contributed by atoms with van der Waals surface area (Å²) >= 11 is 0.697. The van der Waals surface area contributed by atoms with Crippen molar-refractivity contribution in [3.05, 3.63) is 33.3 Å². The maximum absolute atomic E-state index is 11.7. The normalized spacial score (nSPS) is 10.3. The maximum atomic E-state index is 11.7. The third-order valence-electron chi connectivity index (χ3n) is 2.54. The molecule has 1 aromatic carbocycles. The number of aromatic carboxylic acids is 1. The van der Waals surface area contributed by atoms with Crippen molar-refractivity contribution in [2.24, 2.45) is 0 Å². The van der Waals surface area contributed by atoms with Gasteiger partial charge in [0.15, 0.2) is 11.5 Å². The second-order valence-corrected chi connectivity index (χ2v) is 5.29. The van der Waals surface area contributed by atoms with Crippen LogP contribution in [-0.2, 0) is 9.59 Å². The van der Waals surface area contributed by atoms with Crippen LogP contribution in [0.2, 0.25) is 0 Å². The van der Waals surface area contributed by atoms with Crippen molar-refractivity contribution >= 4 is 39.3 Å². The van der Waals surface area contributed by atoms with Crippen LogP contribution in [-0.4, -0.2) is 23.0 Å². The van der Waals surface area contributed by atoms with Crippen LogP contribution in [0.1, 0.15) is 24.2 Å². The molecule has 1 heterocycles. The fourth-order valence-corrected chi connectivity index (χ4v) is 2.60. The van der Waals surface area contributed by atoms with Gasteiger partial charge in [0.25, 0.3) is 0 Å². The standard InChI is InChI=1S/C14H10O7S/c1-6(15)20-10-4-8-3-9(13(17)18)14(19)22-12(8)5-11(10)21-7(2)16/h3-5H,1-2H3,(H,17,18). The highest BCUT2D eigenvalue weighted by molar-refractivity contribution is 7.16. The molecule has 0 aliphatic heterocycles. The molecule has 0 saturated heterocycles. The SMILES string of the molecule is CC(=O)Oc1cc2cc(C(=O)O)c(=O)sc2cc1OC(C)=O. The molecule has 0 fully saturated rings.